The van der Waals surface area contributed by atoms with Gasteiger partial charge in [0.2, 0.25) is 0 Å². The van der Waals surface area contributed by atoms with E-state index >= 15 is 0 Å². The summed E-state index contributed by atoms with van der Waals surface area (Å²) in [5.41, 5.74) is 1.95. The number of hydrogen-bond donors (Lipinski definition) is 2. The number of benzene rings is 3. The summed E-state index contributed by atoms with van der Waals surface area (Å²) in [5.74, 6) is 0. The zero-order valence-corrected chi connectivity index (χ0v) is 13.3. The summed E-state index contributed by atoms with van der Waals surface area (Å²) in [5, 5.41) is 8.64. The van der Waals surface area contributed by atoms with Gasteiger partial charge >= 0.3 is 6.03 Å². The largest absolute Gasteiger partial charge is 0.338 e. The van der Waals surface area contributed by atoms with E-state index in [1.54, 1.807) is 0 Å². The molecule has 3 aromatic rings. The number of amides is 2. The van der Waals surface area contributed by atoms with Crippen molar-refractivity contribution >= 4 is 34.1 Å². The minimum atomic E-state index is -0.199. The van der Waals surface area contributed by atoms with Crippen LogP contribution in [0, 0.1) is 0 Å². The third-order valence-corrected chi connectivity index (χ3v) is 3.90. The molecule has 4 heteroatoms. The number of hydrogen-bond acceptors (Lipinski definition) is 1. The predicted octanol–water partition coefficient (Wildman–Crippen LogP) is 4.86. The summed E-state index contributed by atoms with van der Waals surface area (Å²) in [6.45, 7) is 0.568. The van der Waals surface area contributed by atoms with Crippen molar-refractivity contribution in [2.45, 2.75) is 6.42 Å². The zero-order chi connectivity index (χ0) is 16.1. The van der Waals surface area contributed by atoms with Crippen molar-refractivity contribution in [3.8, 4) is 0 Å². The van der Waals surface area contributed by atoms with Crippen molar-refractivity contribution in [2.75, 3.05) is 11.9 Å². The van der Waals surface area contributed by atoms with Gasteiger partial charge in [0.15, 0.2) is 0 Å². The highest BCUT2D eigenvalue weighted by Crippen LogP contribution is 2.22. The van der Waals surface area contributed by atoms with Gasteiger partial charge in [0.25, 0.3) is 0 Å². The van der Waals surface area contributed by atoms with Crippen LogP contribution < -0.4 is 10.6 Å². The molecule has 3 rings (SSSR count). The second kappa shape index (κ2) is 7.16. The van der Waals surface area contributed by atoms with Crippen molar-refractivity contribution in [1.82, 2.24) is 5.32 Å². The summed E-state index contributed by atoms with van der Waals surface area (Å²) >= 11 is 5.85. The molecule has 0 fully saturated rings. The smallest absolute Gasteiger partial charge is 0.319 e. The van der Waals surface area contributed by atoms with E-state index in [9.17, 15) is 4.79 Å². The molecule has 0 aliphatic carbocycles. The number of nitrogens with one attached hydrogen (secondary N) is 2. The second-order valence-electron chi connectivity index (χ2n) is 5.28. The van der Waals surface area contributed by atoms with Crippen molar-refractivity contribution in [3.05, 3.63) is 77.3 Å². The molecule has 0 unspecified atom stereocenters. The van der Waals surface area contributed by atoms with Gasteiger partial charge in [-0.25, -0.2) is 4.79 Å². The van der Waals surface area contributed by atoms with E-state index in [0.29, 0.717) is 6.54 Å². The number of rotatable bonds is 4. The molecule has 0 bridgehead atoms. The third-order valence-electron chi connectivity index (χ3n) is 3.65. The van der Waals surface area contributed by atoms with E-state index in [-0.39, 0.29) is 6.03 Å². The standard InChI is InChI=1S/C19H17ClN2O/c20-16-10-8-14(9-11-16)12-13-21-19(23)22-18-7-3-5-15-4-1-2-6-17(15)18/h1-11H,12-13H2,(H2,21,22,23). The maximum atomic E-state index is 12.1. The topological polar surface area (TPSA) is 41.1 Å². The SMILES string of the molecule is O=C(NCCc1ccc(Cl)cc1)Nc1cccc2ccccc12. The molecule has 2 N–H and O–H groups in total. The molecular weight excluding hydrogens is 308 g/mol. The molecule has 0 aromatic heterocycles. The van der Waals surface area contributed by atoms with E-state index in [2.05, 4.69) is 10.6 Å². The van der Waals surface area contributed by atoms with Gasteiger partial charge in [-0.1, -0.05) is 60.1 Å². The second-order valence-corrected chi connectivity index (χ2v) is 5.72. The lowest BCUT2D eigenvalue weighted by Crippen LogP contribution is -2.30. The fraction of sp³-hybridized carbons (Fsp3) is 0.105. The van der Waals surface area contributed by atoms with Crippen LogP contribution in [0.25, 0.3) is 10.8 Å². The Hall–Kier alpha value is -2.52. The Morgan fingerprint density at radius 3 is 2.48 bits per heavy atom. The predicted molar refractivity (Wildman–Crippen MR) is 96.1 cm³/mol. The van der Waals surface area contributed by atoms with E-state index in [1.807, 2.05) is 66.7 Å². The minimum absolute atomic E-state index is 0.199. The van der Waals surface area contributed by atoms with Crippen LogP contribution in [0.3, 0.4) is 0 Å². The molecule has 0 radical (unpaired) electrons. The Balaban J connectivity index is 1.57. The number of carbonyl (C=O) groups is 1. The highest BCUT2D eigenvalue weighted by atomic mass is 35.5. The normalized spacial score (nSPS) is 10.5. The van der Waals surface area contributed by atoms with Gasteiger partial charge in [0.05, 0.1) is 5.69 Å². The Morgan fingerprint density at radius 2 is 1.65 bits per heavy atom. The molecule has 0 saturated heterocycles. The van der Waals surface area contributed by atoms with E-state index in [1.165, 1.54) is 0 Å². The molecular formula is C19H17ClN2O. The Labute approximate surface area is 140 Å². The Bertz CT molecular complexity index is 810. The summed E-state index contributed by atoms with van der Waals surface area (Å²) in [6.07, 6.45) is 0.764. The quantitative estimate of drug-likeness (QED) is 0.707. The van der Waals surface area contributed by atoms with Crippen molar-refractivity contribution < 1.29 is 4.79 Å². The van der Waals surface area contributed by atoms with Crippen LogP contribution in [0.2, 0.25) is 5.02 Å². The molecule has 0 heterocycles. The lowest BCUT2D eigenvalue weighted by Gasteiger charge is -2.10. The van der Waals surface area contributed by atoms with Gasteiger partial charge in [-0.3, -0.25) is 0 Å². The molecule has 0 aliphatic rings. The Morgan fingerprint density at radius 1 is 0.913 bits per heavy atom. The van der Waals surface area contributed by atoms with Crippen LogP contribution in [-0.4, -0.2) is 12.6 Å². The number of anilines is 1. The average molecular weight is 325 g/mol. The molecule has 3 nitrogen and oxygen atoms in total. The number of halogens is 1. The first kappa shape index (κ1) is 15.4. The van der Waals surface area contributed by atoms with E-state index < -0.39 is 0 Å². The summed E-state index contributed by atoms with van der Waals surface area (Å²) in [6, 6.07) is 21.3. The number of fused-ring (bicyclic) bond motifs is 1. The Kier molecular flexibility index (Phi) is 4.79. The van der Waals surface area contributed by atoms with Crippen LogP contribution in [0.4, 0.5) is 10.5 Å². The molecule has 0 atom stereocenters. The van der Waals surface area contributed by atoms with Crippen molar-refractivity contribution in [3.63, 3.8) is 0 Å². The van der Waals surface area contributed by atoms with Crippen LogP contribution in [-0.2, 0) is 6.42 Å². The summed E-state index contributed by atoms with van der Waals surface area (Å²) in [7, 11) is 0. The fourth-order valence-corrected chi connectivity index (χ4v) is 2.60. The minimum Gasteiger partial charge on any atom is -0.338 e. The molecule has 3 aromatic carbocycles. The molecule has 2 amide bonds. The van der Waals surface area contributed by atoms with Gasteiger partial charge in [-0.05, 0) is 35.6 Å². The lowest BCUT2D eigenvalue weighted by molar-refractivity contribution is 0.252. The lowest BCUT2D eigenvalue weighted by atomic mass is 10.1. The summed E-state index contributed by atoms with van der Waals surface area (Å²) in [4.78, 5) is 12.1. The van der Waals surface area contributed by atoms with E-state index in [0.717, 1.165) is 33.5 Å². The van der Waals surface area contributed by atoms with Gasteiger partial charge in [0, 0.05) is 17.0 Å². The first-order valence-electron chi connectivity index (χ1n) is 7.49. The first-order chi connectivity index (χ1) is 11.2. The van der Waals surface area contributed by atoms with Gasteiger partial charge in [-0.15, -0.1) is 0 Å². The van der Waals surface area contributed by atoms with Crippen molar-refractivity contribution in [2.24, 2.45) is 0 Å². The third kappa shape index (κ3) is 4.02. The summed E-state index contributed by atoms with van der Waals surface area (Å²) < 4.78 is 0. The maximum absolute atomic E-state index is 12.1. The maximum Gasteiger partial charge on any atom is 0.319 e. The molecule has 23 heavy (non-hydrogen) atoms. The molecule has 0 saturated carbocycles. The number of urea groups is 1. The van der Waals surface area contributed by atoms with E-state index in [4.69, 9.17) is 11.6 Å². The van der Waals surface area contributed by atoms with Crippen LogP contribution in [0.1, 0.15) is 5.56 Å². The van der Waals surface area contributed by atoms with Crippen LogP contribution in [0.15, 0.2) is 66.7 Å². The zero-order valence-electron chi connectivity index (χ0n) is 12.6. The van der Waals surface area contributed by atoms with Crippen LogP contribution >= 0.6 is 11.6 Å². The first-order valence-corrected chi connectivity index (χ1v) is 7.87. The van der Waals surface area contributed by atoms with Gasteiger partial charge < -0.3 is 10.6 Å². The highest BCUT2D eigenvalue weighted by molar-refractivity contribution is 6.30. The molecule has 116 valence electrons. The highest BCUT2D eigenvalue weighted by Gasteiger charge is 2.04. The monoisotopic (exact) mass is 324 g/mol. The fourth-order valence-electron chi connectivity index (χ4n) is 2.47. The number of carbonyl (C=O) groups excluding carboxylic acids is 1. The van der Waals surface area contributed by atoms with Gasteiger partial charge in [-0.2, -0.15) is 0 Å². The van der Waals surface area contributed by atoms with Crippen molar-refractivity contribution in [1.29, 1.82) is 0 Å². The van der Waals surface area contributed by atoms with Crippen LogP contribution in [0.5, 0.6) is 0 Å². The van der Waals surface area contributed by atoms with Gasteiger partial charge in [0.1, 0.15) is 0 Å². The average Bonchev–Trinajstić information content (AvgIpc) is 2.57. The molecule has 0 aliphatic heterocycles. The molecule has 0 spiro atoms.